The molecule has 6 heteroatoms. The van der Waals surface area contributed by atoms with Crippen molar-refractivity contribution in [3.8, 4) is 0 Å². The van der Waals surface area contributed by atoms with Crippen LogP contribution in [-0.2, 0) is 14.3 Å². The second-order valence-electron chi connectivity index (χ2n) is 8.89. The molecule has 1 amide bonds. The molecule has 0 saturated heterocycles. The summed E-state index contributed by atoms with van der Waals surface area (Å²) in [6, 6.07) is -0.882. The molecule has 0 fully saturated rings. The first-order chi connectivity index (χ1) is 14.8. The van der Waals surface area contributed by atoms with E-state index in [2.05, 4.69) is 36.5 Å². The second-order valence-corrected chi connectivity index (χ2v) is 8.89. The van der Waals surface area contributed by atoms with Gasteiger partial charge < -0.3 is 20.5 Å². The molecule has 0 radical (unpaired) electrons. The maximum Gasteiger partial charge on any atom is 0.407 e. The number of amides is 1. The molecule has 1 atom stereocenters. The Morgan fingerprint density at radius 3 is 2.10 bits per heavy atom. The number of nitrogens with two attached hydrogens (primary N) is 1. The first-order valence-electron chi connectivity index (χ1n) is 11.9. The van der Waals surface area contributed by atoms with E-state index in [4.69, 9.17) is 15.2 Å². The summed E-state index contributed by atoms with van der Waals surface area (Å²) in [7, 11) is 0. The van der Waals surface area contributed by atoms with Crippen molar-refractivity contribution in [1.29, 1.82) is 0 Å². The molecule has 0 rings (SSSR count). The van der Waals surface area contributed by atoms with Gasteiger partial charge in [-0.3, -0.25) is 4.79 Å². The van der Waals surface area contributed by atoms with Crippen LogP contribution in [0.1, 0.15) is 98.3 Å². The van der Waals surface area contributed by atoms with Gasteiger partial charge in [0.05, 0.1) is 6.61 Å². The number of carbonyl (C=O) groups is 2. The highest BCUT2D eigenvalue weighted by atomic mass is 16.6. The minimum absolute atomic E-state index is 0.00264. The monoisotopic (exact) mass is 438 g/mol. The van der Waals surface area contributed by atoms with Gasteiger partial charge in [-0.2, -0.15) is 0 Å². The fraction of sp³-hybridized carbons (Fsp3) is 0.760. The highest BCUT2D eigenvalue weighted by Gasteiger charge is 2.19. The largest absolute Gasteiger partial charge is 0.464 e. The molecule has 180 valence electrons. The molecular formula is C25H46N2O4. The lowest BCUT2D eigenvalue weighted by molar-refractivity contribution is -0.145. The third-order valence-electron chi connectivity index (χ3n) is 4.51. The SMILES string of the molecule is CCCC/C=C\C/C=C\CCCCCCCCOC(=O)[C@@H](N)CNC(=O)OC(C)(C)C. The van der Waals surface area contributed by atoms with Crippen molar-refractivity contribution in [2.45, 2.75) is 110 Å². The van der Waals surface area contributed by atoms with E-state index in [1.165, 1.54) is 38.5 Å². The zero-order chi connectivity index (χ0) is 23.4. The van der Waals surface area contributed by atoms with Gasteiger partial charge in [-0.05, 0) is 52.9 Å². The van der Waals surface area contributed by atoms with E-state index in [0.717, 1.165) is 32.1 Å². The number of unbranched alkanes of at least 4 members (excludes halogenated alkanes) is 8. The van der Waals surface area contributed by atoms with Crippen LogP contribution in [0.5, 0.6) is 0 Å². The van der Waals surface area contributed by atoms with Crippen molar-refractivity contribution in [2.75, 3.05) is 13.2 Å². The van der Waals surface area contributed by atoms with Crippen molar-refractivity contribution in [2.24, 2.45) is 5.73 Å². The molecular weight excluding hydrogens is 392 g/mol. The Hall–Kier alpha value is -1.82. The Morgan fingerprint density at radius 1 is 0.903 bits per heavy atom. The molecule has 0 aliphatic carbocycles. The predicted octanol–water partition coefficient (Wildman–Crippen LogP) is 5.81. The molecule has 0 saturated carbocycles. The van der Waals surface area contributed by atoms with Gasteiger partial charge in [0.2, 0.25) is 0 Å². The quantitative estimate of drug-likeness (QED) is 0.170. The lowest BCUT2D eigenvalue weighted by atomic mass is 10.1. The summed E-state index contributed by atoms with van der Waals surface area (Å²) in [5.41, 5.74) is 5.15. The van der Waals surface area contributed by atoms with E-state index in [-0.39, 0.29) is 6.54 Å². The zero-order valence-electron chi connectivity index (χ0n) is 20.3. The Balaban J connectivity index is 3.52. The molecule has 0 spiro atoms. The summed E-state index contributed by atoms with van der Waals surface area (Å²) in [6.07, 6.45) is 21.1. The van der Waals surface area contributed by atoms with Crippen LogP contribution in [0, 0.1) is 0 Å². The summed E-state index contributed by atoms with van der Waals surface area (Å²) >= 11 is 0. The third kappa shape index (κ3) is 21.2. The number of alkyl carbamates (subject to hydrolysis) is 1. The molecule has 0 bridgehead atoms. The van der Waals surface area contributed by atoms with E-state index in [1.807, 2.05) is 0 Å². The van der Waals surface area contributed by atoms with Gasteiger partial charge in [0.15, 0.2) is 0 Å². The molecule has 0 heterocycles. The van der Waals surface area contributed by atoms with Crippen LogP contribution in [0.25, 0.3) is 0 Å². The Morgan fingerprint density at radius 2 is 1.48 bits per heavy atom. The smallest absolute Gasteiger partial charge is 0.407 e. The van der Waals surface area contributed by atoms with E-state index in [9.17, 15) is 9.59 Å². The van der Waals surface area contributed by atoms with Gasteiger partial charge in [-0.15, -0.1) is 0 Å². The molecule has 0 unspecified atom stereocenters. The molecule has 0 aromatic carbocycles. The fourth-order valence-electron chi connectivity index (χ4n) is 2.77. The van der Waals surface area contributed by atoms with E-state index in [0.29, 0.717) is 6.61 Å². The Labute approximate surface area is 190 Å². The molecule has 6 nitrogen and oxygen atoms in total. The van der Waals surface area contributed by atoms with Crippen molar-refractivity contribution in [3.63, 3.8) is 0 Å². The highest BCUT2D eigenvalue weighted by Crippen LogP contribution is 2.09. The average Bonchev–Trinajstić information content (AvgIpc) is 2.70. The lowest BCUT2D eigenvalue weighted by Gasteiger charge is -2.20. The second kappa shape index (κ2) is 18.9. The van der Waals surface area contributed by atoms with Crippen molar-refractivity contribution < 1.29 is 19.1 Å². The fourth-order valence-corrected chi connectivity index (χ4v) is 2.77. The first-order valence-corrected chi connectivity index (χ1v) is 11.9. The summed E-state index contributed by atoms with van der Waals surface area (Å²) in [5, 5.41) is 2.48. The molecule has 0 aliphatic rings. The van der Waals surface area contributed by atoms with E-state index < -0.39 is 23.7 Å². The van der Waals surface area contributed by atoms with Crippen molar-refractivity contribution in [3.05, 3.63) is 24.3 Å². The minimum Gasteiger partial charge on any atom is -0.464 e. The van der Waals surface area contributed by atoms with Gasteiger partial charge in [-0.25, -0.2) is 4.79 Å². The molecule has 31 heavy (non-hydrogen) atoms. The summed E-state index contributed by atoms with van der Waals surface area (Å²) < 4.78 is 10.3. The van der Waals surface area contributed by atoms with Gasteiger partial charge >= 0.3 is 12.1 Å². The number of hydrogen-bond acceptors (Lipinski definition) is 5. The summed E-state index contributed by atoms with van der Waals surface area (Å²) in [4.78, 5) is 23.4. The van der Waals surface area contributed by atoms with Gasteiger partial charge in [0, 0.05) is 6.54 Å². The molecule has 0 aromatic rings. The summed E-state index contributed by atoms with van der Waals surface area (Å²) in [6.45, 7) is 7.90. The van der Waals surface area contributed by atoms with Crippen LogP contribution in [0.4, 0.5) is 4.79 Å². The van der Waals surface area contributed by atoms with Crippen LogP contribution in [0.2, 0.25) is 0 Å². The lowest BCUT2D eigenvalue weighted by Crippen LogP contribution is -2.44. The van der Waals surface area contributed by atoms with Crippen molar-refractivity contribution >= 4 is 12.1 Å². The van der Waals surface area contributed by atoms with Crippen LogP contribution >= 0.6 is 0 Å². The number of ether oxygens (including phenoxy) is 2. The predicted molar refractivity (Wildman–Crippen MR) is 128 cm³/mol. The minimum atomic E-state index is -0.882. The number of nitrogens with one attached hydrogen (secondary N) is 1. The molecule has 3 N–H and O–H groups in total. The van der Waals surface area contributed by atoms with Crippen LogP contribution in [0.3, 0.4) is 0 Å². The van der Waals surface area contributed by atoms with Crippen molar-refractivity contribution in [1.82, 2.24) is 5.32 Å². The number of allylic oxidation sites excluding steroid dienone is 4. The van der Waals surface area contributed by atoms with E-state index in [1.54, 1.807) is 20.8 Å². The molecule has 0 aromatic heterocycles. The number of carbonyl (C=O) groups excluding carboxylic acids is 2. The van der Waals surface area contributed by atoms with E-state index >= 15 is 0 Å². The highest BCUT2D eigenvalue weighted by molar-refractivity contribution is 5.77. The van der Waals surface area contributed by atoms with Crippen LogP contribution < -0.4 is 11.1 Å². The maximum absolute atomic E-state index is 11.8. The van der Waals surface area contributed by atoms with Gasteiger partial charge in [0.1, 0.15) is 11.6 Å². The normalized spacial score (nSPS) is 12.9. The maximum atomic E-state index is 11.8. The van der Waals surface area contributed by atoms with Crippen LogP contribution in [-0.4, -0.2) is 36.9 Å². The molecule has 0 aliphatic heterocycles. The standard InChI is InChI=1S/C25H46N2O4/c1-5-6-7-8-9-10-11-12-13-14-15-16-17-18-19-20-30-23(28)22(26)21-27-24(29)31-25(2,3)4/h8-9,11-12,22H,5-7,10,13-21,26H2,1-4H3,(H,27,29)/b9-8-,12-11-/t22-/m0/s1. The van der Waals surface area contributed by atoms with Gasteiger partial charge in [-0.1, -0.05) is 69.8 Å². The van der Waals surface area contributed by atoms with Gasteiger partial charge in [0.25, 0.3) is 0 Å². The topological polar surface area (TPSA) is 90.6 Å². The number of hydrogen-bond donors (Lipinski definition) is 2. The number of esters is 1. The number of rotatable bonds is 17. The first kappa shape index (κ1) is 29.2. The third-order valence-corrected chi connectivity index (χ3v) is 4.51. The zero-order valence-corrected chi connectivity index (χ0v) is 20.3. The Bertz CT molecular complexity index is 524. The summed E-state index contributed by atoms with van der Waals surface area (Å²) in [5.74, 6) is -0.497. The van der Waals surface area contributed by atoms with Crippen LogP contribution in [0.15, 0.2) is 24.3 Å². The Kier molecular flexibility index (Phi) is 17.8. The average molecular weight is 439 g/mol.